The fourth-order valence-corrected chi connectivity index (χ4v) is 2.56. The maximum Gasteiger partial charge on any atom is 0.238 e. The zero-order valence-corrected chi connectivity index (χ0v) is 15.7. The molecule has 0 aliphatic carbocycles. The van der Waals surface area contributed by atoms with E-state index in [4.69, 9.17) is 5.73 Å². The van der Waals surface area contributed by atoms with Crippen molar-refractivity contribution >= 4 is 42.3 Å². The van der Waals surface area contributed by atoms with Gasteiger partial charge in [0.25, 0.3) is 0 Å². The van der Waals surface area contributed by atoms with E-state index >= 15 is 0 Å². The van der Waals surface area contributed by atoms with Crippen molar-refractivity contribution in [2.24, 2.45) is 5.73 Å². The third kappa shape index (κ3) is 5.94. The second-order valence-corrected chi connectivity index (χ2v) is 5.66. The molecule has 24 heavy (non-hydrogen) atoms. The van der Waals surface area contributed by atoms with Gasteiger partial charge in [0.05, 0.1) is 13.1 Å². The summed E-state index contributed by atoms with van der Waals surface area (Å²) < 4.78 is 0. The van der Waals surface area contributed by atoms with Gasteiger partial charge in [-0.1, -0.05) is 12.1 Å². The summed E-state index contributed by atoms with van der Waals surface area (Å²) in [6, 6.07) is 5.88. The molecule has 1 aliphatic heterocycles. The van der Waals surface area contributed by atoms with Crippen LogP contribution in [0.3, 0.4) is 0 Å². The quantitative estimate of drug-likeness (QED) is 0.826. The lowest BCUT2D eigenvalue weighted by Crippen LogP contribution is -2.51. The summed E-state index contributed by atoms with van der Waals surface area (Å²) in [6.07, 6.45) is 0. The Morgan fingerprint density at radius 1 is 1.12 bits per heavy atom. The Labute approximate surface area is 155 Å². The van der Waals surface area contributed by atoms with Crippen molar-refractivity contribution in [1.29, 1.82) is 0 Å². The Morgan fingerprint density at radius 3 is 2.33 bits per heavy atom. The molecule has 0 atom stereocenters. The minimum atomic E-state index is -0.0283. The fourth-order valence-electron chi connectivity index (χ4n) is 2.56. The summed E-state index contributed by atoms with van der Waals surface area (Å²) in [5, 5.41) is 2.96. The number of anilines is 1. The molecule has 136 valence electrons. The molecule has 0 spiro atoms. The van der Waals surface area contributed by atoms with Gasteiger partial charge in [-0.25, -0.2) is 0 Å². The van der Waals surface area contributed by atoms with Gasteiger partial charge >= 0.3 is 0 Å². The van der Waals surface area contributed by atoms with Crippen molar-refractivity contribution in [1.82, 2.24) is 9.80 Å². The van der Waals surface area contributed by atoms with Crippen molar-refractivity contribution in [3.8, 4) is 0 Å². The zero-order valence-electron chi connectivity index (χ0n) is 14.1. The second kappa shape index (κ2) is 10.5. The van der Waals surface area contributed by atoms with Gasteiger partial charge in [0.2, 0.25) is 11.8 Å². The highest BCUT2D eigenvalue weighted by Gasteiger charge is 2.21. The Bertz CT molecular complexity index is 561. The summed E-state index contributed by atoms with van der Waals surface area (Å²) in [5.74, 6) is -0.0493. The number of nitrogens with one attached hydrogen (secondary N) is 1. The molecular formula is C16H26Cl2N4O2. The molecule has 1 heterocycles. The van der Waals surface area contributed by atoms with Gasteiger partial charge < -0.3 is 16.0 Å². The molecular weight excluding hydrogens is 351 g/mol. The number of halogens is 2. The van der Waals surface area contributed by atoms with Crippen LogP contribution in [0.5, 0.6) is 0 Å². The molecule has 3 N–H and O–H groups in total. The number of nitrogens with zero attached hydrogens (tertiary/aromatic N) is 2. The van der Waals surface area contributed by atoms with Crippen LogP contribution in [0.2, 0.25) is 0 Å². The molecule has 0 bridgehead atoms. The highest BCUT2D eigenvalue weighted by Crippen LogP contribution is 2.17. The molecule has 1 aromatic carbocycles. The van der Waals surface area contributed by atoms with Crippen LogP contribution >= 0.6 is 24.8 Å². The summed E-state index contributed by atoms with van der Waals surface area (Å²) in [6.45, 7) is 7.09. The Balaban J connectivity index is 0.00000264. The van der Waals surface area contributed by atoms with E-state index in [1.165, 1.54) is 0 Å². The normalized spacial score (nSPS) is 14.4. The van der Waals surface area contributed by atoms with E-state index in [0.717, 1.165) is 16.8 Å². The topological polar surface area (TPSA) is 78.7 Å². The predicted molar refractivity (Wildman–Crippen MR) is 101 cm³/mol. The molecule has 6 nitrogen and oxygen atoms in total. The van der Waals surface area contributed by atoms with Gasteiger partial charge in [0.1, 0.15) is 0 Å². The largest absolute Gasteiger partial charge is 0.339 e. The maximum atomic E-state index is 12.2. The standard InChI is InChI=1S/C16H24N4O2.2ClH/c1-12-4-3-5-14(13(12)2)18-15(21)11-19-6-8-20(9-7-19)16(22)10-17;;/h3-5H,6-11,17H2,1-2H3,(H,18,21);2*1H. The predicted octanol–water partition coefficient (Wildman–Crippen LogP) is 1.19. The SMILES string of the molecule is Cc1cccc(NC(=O)CN2CCN(C(=O)CN)CC2)c1C.Cl.Cl. The number of nitrogens with two attached hydrogens (primary N) is 1. The number of aryl methyl sites for hydroxylation is 1. The van der Waals surface area contributed by atoms with Crippen LogP contribution in [0.1, 0.15) is 11.1 Å². The van der Waals surface area contributed by atoms with Gasteiger partial charge in [-0.3, -0.25) is 14.5 Å². The number of amides is 2. The van der Waals surface area contributed by atoms with E-state index in [-0.39, 0.29) is 43.2 Å². The minimum absolute atomic E-state index is 0. The van der Waals surface area contributed by atoms with Crippen LogP contribution in [-0.2, 0) is 9.59 Å². The van der Waals surface area contributed by atoms with E-state index < -0.39 is 0 Å². The van der Waals surface area contributed by atoms with Crippen molar-refractivity contribution in [3.05, 3.63) is 29.3 Å². The van der Waals surface area contributed by atoms with E-state index in [0.29, 0.717) is 32.7 Å². The Hall–Kier alpha value is -1.34. The summed E-state index contributed by atoms with van der Waals surface area (Å²) in [7, 11) is 0. The lowest BCUT2D eigenvalue weighted by molar-refractivity contribution is -0.131. The number of carbonyl (C=O) groups is 2. The molecule has 2 amide bonds. The van der Waals surface area contributed by atoms with E-state index in [2.05, 4.69) is 10.2 Å². The first-order valence-electron chi connectivity index (χ1n) is 7.57. The van der Waals surface area contributed by atoms with Crippen molar-refractivity contribution < 1.29 is 9.59 Å². The van der Waals surface area contributed by atoms with Crippen LogP contribution < -0.4 is 11.1 Å². The zero-order chi connectivity index (χ0) is 16.1. The average molecular weight is 377 g/mol. The van der Waals surface area contributed by atoms with Crippen LogP contribution in [0, 0.1) is 13.8 Å². The van der Waals surface area contributed by atoms with E-state index in [1.807, 2.05) is 32.0 Å². The highest BCUT2D eigenvalue weighted by atomic mass is 35.5. The number of carbonyl (C=O) groups excluding carboxylic acids is 2. The molecule has 0 saturated carbocycles. The van der Waals surface area contributed by atoms with Gasteiger partial charge in [-0.05, 0) is 31.0 Å². The molecule has 1 aliphatic rings. The van der Waals surface area contributed by atoms with E-state index in [1.54, 1.807) is 4.90 Å². The van der Waals surface area contributed by atoms with Crippen LogP contribution in [0.25, 0.3) is 0 Å². The third-order valence-corrected chi connectivity index (χ3v) is 4.15. The maximum absolute atomic E-state index is 12.2. The molecule has 1 saturated heterocycles. The first-order valence-corrected chi connectivity index (χ1v) is 7.57. The minimum Gasteiger partial charge on any atom is -0.339 e. The second-order valence-electron chi connectivity index (χ2n) is 5.66. The first kappa shape index (κ1) is 22.7. The number of hydrogen-bond donors (Lipinski definition) is 2. The summed E-state index contributed by atoms with van der Waals surface area (Å²) in [4.78, 5) is 27.5. The average Bonchev–Trinajstić information content (AvgIpc) is 2.52. The summed E-state index contributed by atoms with van der Waals surface area (Å²) in [5.41, 5.74) is 8.48. The smallest absolute Gasteiger partial charge is 0.238 e. The van der Waals surface area contributed by atoms with Crippen molar-refractivity contribution in [2.75, 3.05) is 44.6 Å². The van der Waals surface area contributed by atoms with Crippen molar-refractivity contribution in [3.63, 3.8) is 0 Å². The van der Waals surface area contributed by atoms with Gasteiger partial charge in [0.15, 0.2) is 0 Å². The lowest BCUT2D eigenvalue weighted by Gasteiger charge is -2.34. The van der Waals surface area contributed by atoms with Gasteiger partial charge in [-0.2, -0.15) is 0 Å². The Morgan fingerprint density at radius 2 is 1.75 bits per heavy atom. The van der Waals surface area contributed by atoms with Crippen LogP contribution in [0.15, 0.2) is 18.2 Å². The molecule has 1 fully saturated rings. The lowest BCUT2D eigenvalue weighted by atomic mass is 10.1. The molecule has 0 unspecified atom stereocenters. The highest BCUT2D eigenvalue weighted by molar-refractivity contribution is 5.93. The Kier molecular flexibility index (Phi) is 9.92. The number of benzene rings is 1. The van der Waals surface area contributed by atoms with Crippen LogP contribution in [-0.4, -0.2) is 60.9 Å². The van der Waals surface area contributed by atoms with Crippen LogP contribution in [0.4, 0.5) is 5.69 Å². The van der Waals surface area contributed by atoms with Crippen molar-refractivity contribution in [2.45, 2.75) is 13.8 Å². The molecule has 0 radical (unpaired) electrons. The van der Waals surface area contributed by atoms with E-state index in [9.17, 15) is 9.59 Å². The molecule has 2 rings (SSSR count). The number of piperazine rings is 1. The first-order chi connectivity index (χ1) is 10.5. The van der Waals surface area contributed by atoms with Gasteiger partial charge in [-0.15, -0.1) is 24.8 Å². The number of rotatable bonds is 4. The third-order valence-electron chi connectivity index (χ3n) is 4.15. The number of hydrogen-bond acceptors (Lipinski definition) is 4. The molecule has 0 aromatic heterocycles. The molecule has 8 heteroatoms. The molecule has 1 aromatic rings. The monoisotopic (exact) mass is 376 g/mol. The summed E-state index contributed by atoms with van der Waals surface area (Å²) >= 11 is 0. The fraction of sp³-hybridized carbons (Fsp3) is 0.500. The van der Waals surface area contributed by atoms with Gasteiger partial charge in [0, 0.05) is 31.9 Å².